The smallest absolute Gasteiger partial charge is 0.264 e. The third-order valence-electron chi connectivity index (χ3n) is 12.7. The van der Waals surface area contributed by atoms with Crippen molar-refractivity contribution in [3.63, 3.8) is 0 Å². The van der Waals surface area contributed by atoms with Crippen LogP contribution in [0.15, 0.2) is 115 Å². The number of alkyl halides is 1. The Bertz CT molecular complexity index is 2520. The Morgan fingerprint density at radius 1 is 0.825 bits per heavy atom. The van der Waals surface area contributed by atoms with Crippen molar-refractivity contribution in [2.24, 2.45) is 11.8 Å². The van der Waals surface area contributed by atoms with Crippen molar-refractivity contribution >= 4 is 40.7 Å². The molecule has 1 fully saturated rings. The third-order valence-corrected chi connectivity index (χ3v) is 12.7. The van der Waals surface area contributed by atoms with Crippen LogP contribution in [-0.2, 0) is 39.4 Å². The maximum absolute atomic E-state index is 16.7. The number of aliphatic hydroxyl groups is 1. The maximum Gasteiger partial charge on any atom is 0.264 e. The summed E-state index contributed by atoms with van der Waals surface area (Å²) in [5, 5.41) is 16.2. The number of benzene rings is 5. The summed E-state index contributed by atoms with van der Waals surface area (Å²) in [7, 11) is 3.10. The molecule has 3 aliphatic heterocycles. The van der Waals surface area contributed by atoms with E-state index in [0.717, 1.165) is 16.7 Å². The molecule has 1 saturated heterocycles. The molecule has 5 aromatic rings. The van der Waals surface area contributed by atoms with Gasteiger partial charge in [-0.05, 0) is 116 Å². The highest BCUT2D eigenvalue weighted by molar-refractivity contribution is 6.09. The number of carbonyl (C=O) groups is 4. The second-order valence-electron chi connectivity index (χ2n) is 17.0. The number of aliphatic hydroxyl groups excluding tert-OH is 1. The van der Waals surface area contributed by atoms with Crippen molar-refractivity contribution in [2.75, 3.05) is 36.4 Å². The van der Waals surface area contributed by atoms with Crippen LogP contribution in [0.3, 0.4) is 0 Å². The molecule has 8 rings (SSSR count). The first-order valence-corrected chi connectivity index (χ1v) is 21.0. The van der Waals surface area contributed by atoms with E-state index in [2.05, 4.69) is 10.6 Å². The Morgan fingerprint density at radius 3 is 1.97 bits per heavy atom. The Kier molecular flexibility index (Phi) is 11.8. The molecule has 0 unspecified atom stereocenters. The van der Waals surface area contributed by atoms with Gasteiger partial charge in [0.2, 0.25) is 5.91 Å². The highest BCUT2D eigenvalue weighted by atomic mass is 19.1. The number of fused-ring (bicyclic) bond motifs is 3. The molecule has 4 amide bonds. The van der Waals surface area contributed by atoms with Gasteiger partial charge in [0.15, 0.2) is 5.60 Å². The number of hydrogen-bond acceptors (Lipinski definition) is 8. The average molecular weight is 855 g/mol. The molecule has 326 valence electrons. The van der Waals surface area contributed by atoms with Gasteiger partial charge in [-0.25, -0.2) is 4.39 Å². The number of carbonyl (C=O) groups excluding carboxylic acids is 4. The van der Waals surface area contributed by atoms with Crippen LogP contribution < -0.4 is 25.0 Å². The molecule has 0 saturated carbocycles. The molecule has 0 aromatic heterocycles. The molecule has 0 radical (unpaired) electrons. The summed E-state index contributed by atoms with van der Waals surface area (Å²) in [6.45, 7) is 4.82. The fourth-order valence-corrected chi connectivity index (χ4v) is 9.58. The van der Waals surface area contributed by atoms with Crippen LogP contribution in [0.2, 0.25) is 0 Å². The number of rotatable bonds is 12. The van der Waals surface area contributed by atoms with Crippen molar-refractivity contribution in [1.29, 1.82) is 0 Å². The molecule has 0 aliphatic carbocycles. The Hall–Kier alpha value is -6.57. The maximum atomic E-state index is 16.7. The van der Waals surface area contributed by atoms with Crippen molar-refractivity contribution in [3.05, 3.63) is 149 Å². The Balaban J connectivity index is 1.11. The van der Waals surface area contributed by atoms with E-state index in [-0.39, 0.29) is 43.8 Å². The van der Waals surface area contributed by atoms with Crippen LogP contribution in [0, 0.1) is 11.8 Å². The monoisotopic (exact) mass is 854 g/mol. The first kappa shape index (κ1) is 43.1. The highest BCUT2D eigenvalue weighted by Crippen LogP contribution is 2.59. The largest absolute Gasteiger partial charge is 0.497 e. The lowest BCUT2D eigenvalue weighted by Crippen LogP contribution is -2.48. The number of halogens is 1. The van der Waals surface area contributed by atoms with Gasteiger partial charge in [-0.2, -0.15) is 0 Å². The lowest BCUT2D eigenvalue weighted by atomic mass is 9.71. The molecular formula is C50H51FN4O8. The van der Waals surface area contributed by atoms with E-state index in [9.17, 15) is 19.5 Å². The van der Waals surface area contributed by atoms with Gasteiger partial charge < -0.3 is 39.8 Å². The van der Waals surface area contributed by atoms with Crippen molar-refractivity contribution in [2.45, 2.75) is 70.1 Å². The molecule has 1 spiro atoms. The normalized spacial score (nSPS) is 21.5. The van der Waals surface area contributed by atoms with E-state index in [1.54, 1.807) is 110 Å². The van der Waals surface area contributed by atoms with Gasteiger partial charge in [-0.15, -0.1) is 0 Å². The summed E-state index contributed by atoms with van der Waals surface area (Å²) in [6, 6.07) is 33.0. The topological polar surface area (TPSA) is 147 Å². The van der Waals surface area contributed by atoms with E-state index >= 15 is 9.18 Å². The van der Waals surface area contributed by atoms with Crippen molar-refractivity contribution < 1.29 is 42.9 Å². The molecule has 5 atom stereocenters. The minimum absolute atomic E-state index is 0.104. The Morgan fingerprint density at radius 2 is 1.40 bits per heavy atom. The number of ether oxygens (including phenoxy) is 3. The van der Waals surface area contributed by atoms with Gasteiger partial charge in [0.05, 0.1) is 51.6 Å². The van der Waals surface area contributed by atoms with E-state index in [4.69, 9.17) is 14.2 Å². The summed E-state index contributed by atoms with van der Waals surface area (Å²) in [5.41, 5.74) is 1.90. The number of amides is 4. The second-order valence-corrected chi connectivity index (χ2v) is 17.0. The van der Waals surface area contributed by atoms with E-state index < -0.39 is 41.2 Å². The van der Waals surface area contributed by atoms with E-state index in [1.807, 2.05) is 36.4 Å². The standard InChI is InChI=1S/C50H51FN4O8/c1-30-45(49(2,3)51)43(26-44(57)54-28-35-9-7-6-8-34(35)24-38(54)29-56)63-50(30)41-25-37(53-47(59)33-14-21-40(62-5)22-15-33)18-23-42(41)55(48(50)60)27-31-10-16-36(17-11-31)52-46(58)32-12-19-39(61-4)20-13-32/h6-23,25,30,38,43,45,56H,24,26-29H2,1-5H3,(H,52,58)(H,53,59)/t30-,38+,43+,45-,50+/m1/s1. The lowest BCUT2D eigenvalue weighted by Gasteiger charge is -2.37. The fourth-order valence-electron chi connectivity index (χ4n) is 9.58. The molecule has 13 heteroatoms. The van der Waals surface area contributed by atoms with Crippen LogP contribution in [0.25, 0.3) is 0 Å². The van der Waals surface area contributed by atoms with Gasteiger partial charge >= 0.3 is 0 Å². The van der Waals surface area contributed by atoms with Crippen LogP contribution in [0.1, 0.15) is 70.2 Å². The molecular weight excluding hydrogens is 804 g/mol. The fraction of sp³-hybridized carbons (Fsp3) is 0.320. The molecule has 5 aromatic carbocycles. The van der Waals surface area contributed by atoms with Gasteiger partial charge in [-0.1, -0.05) is 43.3 Å². The molecule has 3 N–H and O–H groups in total. The minimum atomic E-state index is -1.89. The zero-order valence-electron chi connectivity index (χ0n) is 35.9. The number of hydrogen-bond donors (Lipinski definition) is 3. The summed E-state index contributed by atoms with van der Waals surface area (Å²) < 4.78 is 34.1. The molecule has 3 heterocycles. The van der Waals surface area contributed by atoms with E-state index in [1.165, 1.54) is 13.8 Å². The number of nitrogens with zero attached hydrogens (tertiary/aromatic N) is 2. The second kappa shape index (κ2) is 17.3. The van der Waals surface area contributed by atoms with Gasteiger partial charge in [0, 0.05) is 46.4 Å². The SMILES string of the molecule is COc1ccc(C(=O)Nc2ccc(CN3C(=O)[C@@]4(O[C@@H](CC(=O)N5Cc6ccccc6C[C@H]5CO)[C@H](C(C)(C)F)[C@H]4C)c4cc(NC(=O)c5ccc(OC)cc5)ccc43)cc2)cc1. The van der Waals surface area contributed by atoms with E-state index in [0.29, 0.717) is 51.7 Å². The zero-order chi connectivity index (χ0) is 44.6. The summed E-state index contributed by atoms with van der Waals surface area (Å²) in [6.07, 6.45) is -0.764. The predicted molar refractivity (Wildman–Crippen MR) is 237 cm³/mol. The minimum Gasteiger partial charge on any atom is -0.497 e. The van der Waals surface area contributed by atoms with Crippen LogP contribution in [0.4, 0.5) is 21.5 Å². The summed E-state index contributed by atoms with van der Waals surface area (Å²) in [4.78, 5) is 59.3. The average Bonchev–Trinajstić information content (AvgIpc) is 3.71. The molecule has 12 nitrogen and oxygen atoms in total. The number of anilines is 3. The van der Waals surface area contributed by atoms with Crippen LogP contribution >= 0.6 is 0 Å². The lowest BCUT2D eigenvalue weighted by molar-refractivity contribution is -0.151. The number of methoxy groups -OCH3 is 2. The molecule has 63 heavy (non-hydrogen) atoms. The summed E-state index contributed by atoms with van der Waals surface area (Å²) in [5.74, 6) is -1.87. The number of nitrogens with one attached hydrogen (secondary N) is 2. The van der Waals surface area contributed by atoms with Crippen molar-refractivity contribution in [3.8, 4) is 11.5 Å². The zero-order valence-corrected chi connectivity index (χ0v) is 35.9. The highest BCUT2D eigenvalue weighted by Gasteiger charge is 2.66. The molecule has 3 aliphatic rings. The third kappa shape index (κ3) is 8.26. The van der Waals surface area contributed by atoms with Crippen LogP contribution in [-0.4, -0.2) is 72.3 Å². The first-order valence-electron chi connectivity index (χ1n) is 21.0. The summed E-state index contributed by atoms with van der Waals surface area (Å²) >= 11 is 0. The van der Waals surface area contributed by atoms with Gasteiger partial charge in [-0.3, -0.25) is 19.2 Å². The Labute approximate surface area is 366 Å². The first-order chi connectivity index (χ1) is 30.2. The molecule has 0 bridgehead atoms. The van der Waals surface area contributed by atoms with Gasteiger partial charge in [0.25, 0.3) is 17.7 Å². The quantitative estimate of drug-likeness (QED) is 0.116. The van der Waals surface area contributed by atoms with Crippen molar-refractivity contribution in [1.82, 2.24) is 4.90 Å². The van der Waals surface area contributed by atoms with Crippen LogP contribution in [0.5, 0.6) is 11.5 Å². The predicted octanol–water partition coefficient (Wildman–Crippen LogP) is 7.69. The van der Waals surface area contributed by atoms with Gasteiger partial charge in [0.1, 0.15) is 17.2 Å².